The van der Waals surface area contributed by atoms with E-state index in [9.17, 15) is 4.79 Å². The van der Waals surface area contributed by atoms with Crippen LogP contribution in [-0.4, -0.2) is 33.9 Å². The van der Waals surface area contributed by atoms with E-state index in [0.717, 1.165) is 22.4 Å². The van der Waals surface area contributed by atoms with Gasteiger partial charge in [0.2, 0.25) is 0 Å². The van der Waals surface area contributed by atoms with E-state index in [1.165, 1.54) is 0 Å². The van der Waals surface area contributed by atoms with Crippen LogP contribution < -0.4 is 5.32 Å². The predicted octanol–water partition coefficient (Wildman–Crippen LogP) is 3.72. The summed E-state index contributed by atoms with van der Waals surface area (Å²) in [5.41, 5.74) is 2.37. The minimum atomic E-state index is -0.0708. The molecule has 3 rings (SSSR count). The molecule has 0 aliphatic carbocycles. The van der Waals surface area contributed by atoms with E-state index in [2.05, 4.69) is 15.3 Å². The van der Waals surface area contributed by atoms with E-state index in [1.807, 2.05) is 56.3 Å². The van der Waals surface area contributed by atoms with Gasteiger partial charge in [-0.05, 0) is 38.1 Å². The summed E-state index contributed by atoms with van der Waals surface area (Å²) < 4.78 is 0. The predicted molar refractivity (Wildman–Crippen MR) is 101 cm³/mol. The maximum atomic E-state index is 12.6. The van der Waals surface area contributed by atoms with Crippen molar-refractivity contribution in [2.24, 2.45) is 0 Å². The van der Waals surface area contributed by atoms with Gasteiger partial charge in [0, 0.05) is 24.7 Å². The van der Waals surface area contributed by atoms with Gasteiger partial charge < -0.3 is 10.2 Å². The van der Waals surface area contributed by atoms with E-state index < -0.39 is 0 Å². The Kier molecular flexibility index (Phi) is 4.93. The molecule has 0 fully saturated rings. The summed E-state index contributed by atoms with van der Waals surface area (Å²) in [5, 5.41) is 4.31. The zero-order valence-electron chi connectivity index (χ0n) is 14.7. The van der Waals surface area contributed by atoms with E-state index >= 15 is 0 Å². The topological polar surface area (TPSA) is 58.1 Å². The number of nitrogens with one attached hydrogen (secondary N) is 1. The quantitative estimate of drug-likeness (QED) is 0.772. The molecule has 1 amide bonds. The molecule has 2 aromatic heterocycles. The van der Waals surface area contributed by atoms with Gasteiger partial charge in [0.25, 0.3) is 5.91 Å². The first-order valence-electron chi connectivity index (χ1n) is 8.35. The van der Waals surface area contributed by atoms with Crippen LogP contribution in [0.3, 0.4) is 0 Å². The molecular formula is C20H22N4O. The second kappa shape index (κ2) is 7.30. The number of benzene rings is 1. The molecule has 1 N–H and O–H groups in total. The van der Waals surface area contributed by atoms with Crippen LogP contribution >= 0.6 is 0 Å². The Morgan fingerprint density at radius 2 is 1.92 bits per heavy atom. The van der Waals surface area contributed by atoms with Crippen molar-refractivity contribution in [1.29, 1.82) is 0 Å². The molecule has 0 aliphatic rings. The van der Waals surface area contributed by atoms with Crippen molar-refractivity contribution in [3.05, 3.63) is 66.0 Å². The van der Waals surface area contributed by atoms with Crippen LogP contribution in [0.5, 0.6) is 0 Å². The molecule has 0 aliphatic heterocycles. The Morgan fingerprint density at radius 3 is 2.64 bits per heavy atom. The zero-order chi connectivity index (χ0) is 17.8. The summed E-state index contributed by atoms with van der Waals surface area (Å²) in [4.78, 5) is 23.2. The summed E-state index contributed by atoms with van der Waals surface area (Å²) in [7, 11) is 1.78. The Hall–Kier alpha value is -2.95. The van der Waals surface area contributed by atoms with Crippen molar-refractivity contribution in [3.8, 4) is 0 Å². The smallest absolute Gasteiger partial charge is 0.255 e. The number of hydrogen-bond donors (Lipinski definition) is 1. The average Bonchev–Trinajstić information content (AvgIpc) is 2.61. The SMILES string of the molecule is CC(C)Nc1ccc(C(=O)N(C)Cc2ccc3ccccc3n2)cn1. The van der Waals surface area contributed by atoms with Gasteiger partial charge >= 0.3 is 0 Å². The van der Waals surface area contributed by atoms with Gasteiger partial charge in [-0.3, -0.25) is 9.78 Å². The molecule has 5 heteroatoms. The molecule has 0 saturated carbocycles. The number of carbonyl (C=O) groups is 1. The van der Waals surface area contributed by atoms with Gasteiger partial charge in [0.1, 0.15) is 5.82 Å². The molecule has 0 bridgehead atoms. The second-order valence-electron chi connectivity index (χ2n) is 6.39. The highest BCUT2D eigenvalue weighted by molar-refractivity contribution is 5.93. The van der Waals surface area contributed by atoms with Crippen LogP contribution in [0.4, 0.5) is 5.82 Å². The second-order valence-corrected chi connectivity index (χ2v) is 6.39. The highest BCUT2D eigenvalue weighted by Gasteiger charge is 2.13. The van der Waals surface area contributed by atoms with Gasteiger partial charge in [-0.2, -0.15) is 0 Å². The van der Waals surface area contributed by atoms with Gasteiger partial charge in [-0.15, -0.1) is 0 Å². The van der Waals surface area contributed by atoms with Crippen LogP contribution in [0.25, 0.3) is 10.9 Å². The van der Waals surface area contributed by atoms with Gasteiger partial charge in [0.15, 0.2) is 0 Å². The van der Waals surface area contributed by atoms with Crippen LogP contribution in [0.2, 0.25) is 0 Å². The van der Waals surface area contributed by atoms with Crippen molar-refractivity contribution in [2.45, 2.75) is 26.4 Å². The van der Waals surface area contributed by atoms with E-state index in [0.29, 0.717) is 18.2 Å². The largest absolute Gasteiger partial charge is 0.368 e. The summed E-state index contributed by atoms with van der Waals surface area (Å²) in [6.07, 6.45) is 1.61. The molecule has 0 radical (unpaired) electrons. The third-order valence-corrected chi connectivity index (χ3v) is 3.85. The number of fused-ring (bicyclic) bond motifs is 1. The molecule has 128 valence electrons. The number of hydrogen-bond acceptors (Lipinski definition) is 4. The number of pyridine rings is 2. The Bertz CT molecular complexity index is 874. The van der Waals surface area contributed by atoms with Crippen LogP contribution in [0.1, 0.15) is 29.9 Å². The van der Waals surface area contributed by atoms with E-state index in [4.69, 9.17) is 0 Å². The zero-order valence-corrected chi connectivity index (χ0v) is 14.7. The normalized spacial score (nSPS) is 10.9. The lowest BCUT2D eigenvalue weighted by Gasteiger charge is -2.17. The summed E-state index contributed by atoms with van der Waals surface area (Å²) in [5.74, 6) is 0.698. The molecule has 0 saturated heterocycles. The fourth-order valence-electron chi connectivity index (χ4n) is 2.63. The van der Waals surface area contributed by atoms with Crippen molar-refractivity contribution in [1.82, 2.24) is 14.9 Å². The van der Waals surface area contributed by atoms with Gasteiger partial charge in [-0.25, -0.2) is 4.98 Å². The fourth-order valence-corrected chi connectivity index (χ4v) is 2.63. The van der Waals surface area contributed by atoms with Gasteiger partial charge in [0.05, 0.1) is 23.3 Å². The van der Waals surface area contributed by atoms with Crippen LogP contribution in [0, 0.1) is 0 Å². The molecule has 2 heterocycles. The molecule has 0 spiro atoms. The van der Waals surface area contributed by atoms with E-state index in [1.54, 1.807) is 24.2 Å². The maximum Gasteiger partial charge on any atom is 0.255 e. The summed E-state index contributed by atoms with van der Waals surface area (Å²) in [6.45, 7) is 4.55. The maximum absolute atomic E-state index is 12.6. The van der Waals surface area contributed by atoms with Crippen LogP contribution in [-0.2, 0) is 6.54 Å². The van der Waals surface area contributed by atoms with Crippen molar-refractivity contribution >= 4 is 22.6 Å². The lowest BCUT2D eigenvalue weighted by Crippen LogP contribution is -2.26. The van der Waals surface area contributed by atoms with Crippen molar-refractivity contribution in [3.63, 3.8) is 0 Å². The first-order valence-corrected chi connectivity index (χ1v) is 8.35. The Morgan fingerprint density at radius 1 is 1.12 bits per heavy atom. The fraction of sp³-hybridized carbons (Fsp3) is 0.250. The monoisotopic (exact) mass is 334 g/mol. The first-order chi connectivity index (χ1) is 12.0. The third kappa shape index (κ3) is 4.12. The highest BCUT2D eigenvalue weighted by Crippen LogP contribution is 2.14. The highest BCUT2D eigenvalue weighted by atomic mass is 16.2. The summed E-state index contributed by atoms with van der Waals surface area (Å²) in [6, 6.07) is 15.9. The molecule has 0 unspecified atom stereocenters. The first kappa shape index (κ1) is 16.9. The van der Waals surface area contributed by atoms with Crippen LogP contribution in [0.15, 0.2) is 54.7 Å². The number of amides is 1. The minimum Gasteiger partial charge on any atom is -0.368 e. The molecule has 25 heavy (non-hydrogen) atoms. The number of nitrogens with zero attached hydrogens (tertiary/aromatic N) is 3. The average molecular weight is 334 g/mol. The number of para-hydroxylation sites is 1. The van der Waals surface area contributed by atoms with Gasteiger partial charge in [-0.1, -0.05) is 24.3 Å². The van der Waals surface area contributed by atoms with E-state index in [-0.39, 0.29) is 5.91 Å². The number of carbonyl (C=O) groups excluding carboxylic acids is 1. The summed E-state index contributed by atoms with van der Waals surface area (Å²) >= 11 is 0. The Balaban J connectivity index is 1.70. The standard InChI is InChI=1S/C20H22N4O/c1-14(2)22-19-11-9-16(12-21-19)20(25)24(3)13-17-10-8-15-6-4-5-7-18(15)23-17/h4-12,14H,13H2,1-3H3,(H,21,22). The molecule has 1 aromatic carbocycles. The molecule has 3 aromatic rings. The lowest BCUT2D eigenvalue weighted by atomic mass is 10.2. The molecular weight excluding hydrogens is 312 g/mol. The van der Waals surface area contributed by atoms with Crippen molar-refractivity contribution < 1.29 is 4.79 Å². The van der Waals surface area contributed by atoms with Crippen molar-refractivity contribution in [2.75, 3.05) is 12.4 Å². The Labute approximate surface area is 147 Å². The lowest BCUT2D eigenvalue weighted by molar-refractivity contribution is 0.0783. The minimum absolute atomic E-state index is 0.0708. The number of aromatic nitrogens is 2. The molecule has 5 nitrogen and oxygen atoms in total. The number of rotatable bonds is 5. The number of anilines is 1. The third-order valence-electron chi connectivity index (χ3n) is 3.85. The molecule has 0 atom stereocenters.